The van der Waals surface area contributed by atoms with Crippen LogP contribution >= 0.6 is 0 Å². The van der Waals surface area contributed by atoms with Gasteiger partial charge in [-0.1, -0.05) is 23.8 Å². The highest BCUT2D eigenvalue weighted by Crippen LogP contribution is 2.19. The van der Waals surface area contributed by atoms with Crippen LogP contribution < -0.4 is 4.72 Å². The molecule has 90 valence electrons. The monoisotopic (exact) mass is 241 g/mol. The Morgan fingerprint density at radius 2 is 1.94 bits per heavy atom. The first-order valence-electron chi connectivity index (χ1n) is 5.43. The SMILES string of the molecule is CCS(=O)(=O)NC(C)c1ccc(C)cc1C. The third-order valence-electron chi connectivity index (χ3n) is 2.63. The van der Waals surface area contributed by atoms with Crippen molar-refractivity contribution in [3.05, 3.63) is 34.9 Å². The molecule has 1 N–H and O–H groups in total. The molecule has 0 aromatic heterocycles. The lowest BCUT2D eigenvalue weighted by Gasteiger charge is -2.16. The molecule has 0 radical (unpaired) electrons. The van der Waals surface area contributed by atoms with Crippen molar-refractivity contribution in [3.8, 4) is 0 Å². The Hall–Kier alpha value is -0.870. The predicted octanol–water partition coefficient (Wildman–Crippen LogP) is 2.30. The Labute approximate surface area is 97.9 Å². The quantitative estimate of drug-likeness (QED) is 0.879. The molecule has 1 aromatic carbocycles. The maximum atomic E-state index is 11.5. The van der Waals surface area contributed by atoms with Gasteiger partial charge in [-0.25, -0.2) is 13.1 Å². The van der Waals surface area contributed by atoms with Crippen LogP contribution in [0.5, 0.6) is 0 Å². The van der Waals surface area contributed by atoms with Gasteiger partial charge in [0.05, 0.1) is 5.75 Å². The average molecular weight is 241 g/mol. The summed E-state index contributed by atoms with van der Waals surface area (Å²) in [5, 5.41) is 0. The van der Waals surface area contributed by atoms with E-state index in [9.17, 15) is 8.42 Å². The summed E-state index contributed by atoms with van der Waals surface area (Å²) in [7, 11) is -3.14. The van der Waals surface area contributed by atoms with Crippen molar-refractivity contribution in [2.24, 2.45) is 0 Å². The van der Waals surface area contributed by atoms with E-state index >= 15 is 0 Å². The number of rotatable bonds is 4. The maximum absolute atomic E-state index is 11.5. The fraction of sp³-hybridized carbons (Fsp3) is 0.500. The third kappa shape index (κ3) is 3.32. The van der Waals surface area contributed by atoms with Gasteiger partial charge in [-0.05, 0) is 38.8 Å². The number of hydrogen-bond donors (Lipinski definition) is 1. The first-order chi connectivity index (χ1) is 7.35. The van der Waals surface area contributed by atoms with Crippen LogP contribution in [-0.4, -0.2) is 14.2 Å². The van der Waals surface area contributed by atoms with Crippen molar-refractivity contribution in [1.29, 1.82) is 0 Å². The molecule has 0 fully saturated rings. The van der Waals surface area contributed by atoms with Crippen molar-refractivity contribution >= 4 is 10.0 Å². The summed E-state index contributed by atoms with van der Waals surface area (Å²) < 4.78 is 25.6. The number of sulfonamides is 1. The molecule has 1 unspecified atom stereocenters. The Bertz CT molecular complexity index is 466. The largest absolute Gasteiger partial charge is 0.212 e. The Kier molecular flexibility index (Phi) is 4.10. The fourth-order valence-corrected chi connectivity index (χ4v) is 2.56. The molecule has 0 heterocycles. The molecule has 0 aliphatic carbocycles. The molecule has 1 atom stereocenters. The molecular weight excluding hydrogens is 222 g/mol. The first-order valence-corrected chi connectivity index (χ1v) is 7.08. The normalized spacial score (nSPS) is 13.8. The van der Waals surface area contributed by atoms with Crippen LogP contribution in [0.25, 0.3) is 0 Å². The van der Waals surface area contributed by atoms with Crippen molar-refractivity contribution < 1.29 is 8.42 Å². The van der Waals surface area contributed by atoms with E-state index in [4.69, 9.17) is 0 Å². The summed E-state index contributed by atoms with van der Waals surface area (Å²) >= 11 is 0. The van der Waals surface area contributed by atoms with Crippen LogP contribution in [0.3, 0.4) is 0 Å². The van der Waals surface area contributed by atoms with Gasteiger partial charge < -0.3 is 0 Å². The van der Waals surface area contributed by atoms with Gasteiger partial charge in [-0.2, -0.15) is 0 Å². The third-order valence-corrected chi connectivity index (χ3v) is 4.10. The number of hydrogen-bond acceptors (Lipinski definition) is 2. The smallest absolute Gasteiger partial charge is 0.211 e. The highest BCUT2D eigenvalue weighted by atomic mass is 32.2. The van der Waals surface area contributed by atoms with E-state index in [1.807, 2.05) is 32.9 Å². The summed E-state index contributed by atoms with van der Waals surface area (Å²) in [6, 6.07) is 5.86. The van der Waals surface area contributed by atoms with Crippen LogP contribution in [0, 0.1) is 13.8 Å². The van der Waals surface area contributed by atoms with Gasteiger partial charge in [0.1, 0.15) is 0 Å². The molecule has 4 heteroatoms. The van der Waals surface area contributed by atoms with E-state index in [-0.39, 0.29) is 11.8 Å². The van der Waals surface area contributed by atoms with E-state index in [2.05, 4.69) is 10.8 Å². The minimum atomic E-state index is -3.14. The molecular formula is C12H19NO2S. The second-order valence-electron chi connectivity index (χ2n) is 4.10. The molecule has 0 aliphatic heterocycles. The van der Waals surface area contributed by atoms with Gasteiger partial charge in [0.25, 0.3) is 0 Å². The van der Waals surface area contributed by atoms with Crippen LogP contribution in [0.4, 0.5) is 0 Å². The van der Waals surface area contributed by atoms with E-state index in [0.717, 1.165) is 11.1 Å². The van der Waals surface area contributed by atoms with Gasteiger partial charge in [0.2, 0.25) is 10.0 Å². The van der Waals surface area contributed by atoms with Crippen LogP contribution in [-0.2, 0) is 10.0 Å². The lowest BCUT2D eigenvalue weighted by Crippen LogP contribution is -2.28. The van der Waals surface area contributed by atoms with Gasteiger partial charge in [0, 0.05) is 6.04 Å². The average Bonchev–Trinajstić information content (AvgIpc) is 2.16. The molecule has 0 aliphatic rings. The summed E-state index contributed by atoms with van der Waals surface area (Å²) in [4.78, 5) is 0. The fourth-order valence-electron chi connectivity index (χ4n) is 1.73. The van der Waals surface area contributed by atoms with Crippen LogP contribution in [0.15, 0.2) is 18.2 Å². The van der Waals surface area contributed by atoms with Gasteiger partial charge in [-0.3, -0.25) is 0 Å². The summed E-state index contributed by atoms with van der Waals surface area (Å²) in [5.41, 5.74) is 3.33. The molecule has 3 nitrogen and oxygen atoms in total. The first kappa shape index (κ1) is 13.2. The maximum Gasteiger partial charge on any atom is 0.211 e. The lowest BCUT2D eigenvalue weighted by atomic mass is 10.0. The highest BCUT2D eigenvalue weighted by Gasteiger charge is 2.14. The van der Waals surface area contributed by atoms with Crippen molar-refractivity contribution in [3.63, 3.8) is 0 Å². The lowest BCUT2D eigenvalue weighted by molar-refractivity contribution is 0.568. The van der Waals surface area contributed by atoms with E-state index in [0.29, 0.717) is 0 Å². The zero-order valence-corrected chi connectivity index (χ0v) is 11.1. The molecule has 0 spiro atoms. The van der Waals surface area contributed by atoms with Gasteiger partial charge in [-0.15, -0.1) is 0 Å². The number of nitrogens with one attached hydrogen (secondary N) is 1. The molecule has 0 saturated carbocycles. The zero-order valence-electron chi connectivity index (χ0n) is 10.2. The van der Waals surface area contributed by atoms with Gasteiger partial charge in [0.15, 0.2) is 0 Å². The van der Waals surface area contributed by atoms with Crippen LogP contribution in [0.2, 0.25) is 0 Å². The Morgan fingerprint density at radius 1 is 1.31 bits per heavy atom. The van der Waals surface area contributed by atoms with Crippen molar-refractivity contribution in [2.75, 3.05) is 5.75 Å². The minimum Gasteiger partial charge on any atom is -0.212 e. The molecule has 16 heavy (non-hydrogen) atoms. The molecule has 1 rings (SSSR count). The topological polar surface area (TPSA) is 46.2 Å². The van der Waals surface area contributed by atoms with Crippen molar-refractivity contribution in [2.45, 2.75) is 33.7 Å². The second kappa shape index (κ2) is 4.97. The standard InChI is InChI=1S/C12H19NO2S/c1-5-16(14,15)13-11(4)12-7-6-9(2)8-10(12)3/h6-8,11,13H,5H2,1-4H3. The van der Waals surface area contributed by atoms with Gasteiger partial charge >= 0.3 is 0 Å². The van der Waals surface area contributed by atoms with Crippen LogP contribution in [0.1, 0.15) is 36.6 Å². The predicted molar refractivity (Wildman–Crippen MR) is 66.9 cm³/mol. The van der Waals surface area contributed by atoms with E-state index < -0.39 is 10.0 Å². The number of benzene rings is 1. The summed E-state index contributed by atoms with van der Waals surface area (Å²) in [6.07, 6.45) is 0. The Morgan fingerprint density at radius 3 is 2.44 bits per heavy atom. The second-order valence-corrected chi connectivity index (χ2v) is 6.15. The minimum absolute atomic E-state index is 0.113. The molecule has 0 bridgehead atoms. The van der Waals surface area contributed by atoms with E-state index in [1.165, 1.54) is 5.56 Å². The molecule has 0 saturated heterocycles. The number of aryl methyl sites for hydroxylation is 2. The Balaban J connectivity index is 2.93. The van der Waals surface area contributed by atoms with E-state index in [1.54, 1.807) is 6.92 Å². The van der Waals surface area contributed by atoms with Crippen molar-refractivity contribution in [1.82, 2.24) is 4.72 Å². The summed E-state index contributed by atoms with van der Waals surface area (Å²) in [5.74, 6) is 0.113. The summed E-state index contributed by atoms with van der Waals surface area (Å²) in [6.45, 7) is 7.53. The zero-order chi connectivity index (χ0) is 12.3. The highest BCUT2D eigenvalue weighted by molar-refractivity contribution is 7.89. The molecule has 1 aromatic rings. The molecule has 0 amide bonds.